The van der Waals surface area contributed by atoms with Gasteiger partial charge in [0, 0.05) is 28.7 Å². The van der Waals surface area contributed by atoms with E-state index in [2.05, 4.69) is 34.1 Å². The first kappa shape index (κ1) is 17.4. The number of benzene rings is 3. The molecular weight excluding hydrogens is 350 g/mol. The quantitative estimate of drug-likeness (QED) is 0.315. The molecule has 0 bridgehead atoms. The molecule has 5 nitrogen and oxygen atoms in total. The third-order valence-corrected chi connectivity index (χ3v) is 4.41. The van der Waals surface area contributed by atoms with Gasteiger partial charge in [0.25, 0.3) is 5.69 Å². The zero-order valence-electron chi connectivity index (χ0n) is 15.0. The summed E-state index contributed by atoms with van der Waals surface area (Å²) in [5.41, 5.74) is 4.73. The third kappa shape index (κ3) is 3.59. The maximum absolute atomic E-state index is 10.8. The van der Waals surface area contributed by atoms with E-state index in [1.54, 1.807) is 6.07 Å². The van der Waals surface area contributed by atoms with Crippen LogP contribution in [0.4, 0.5) is 22.7 Å². The molecular formula is C23H17N3O2. The summed E-state index contributed by atoms with van der Waals surface area (Å²) in [7, 11) is 0. The molecule has 0 atom stereocenters. The highest BCUT2D eigenvalue weighted by molar-refractivity contribution is 5.77. The van der Waals surface area contributed by atoms with Crippen LogP contribution < -0.4 is 4.90 Å². The van der Waals surface area contributed by atoms with Crippen LogP contribution in [0.25, 0.3) is 11.3 Å². The van der Waals surface area contributed by atoms with E-state index in [0.717, 1.165) is 22.6 Å². The molecule has 1 aromatic heterocycles. The van der Waals surface area contributed by atoms with E-state index in [1.807, 2.05) is 60.7 Å². The summed E-state index contributed by atoms with van der Waals surface area (Å²) in [5.74, 6) is 0. The smallest absolute Gasteiger partial charge is 0.287 e. The second kappa shape index (κ2) is 7.72. The fourth-order valence-electron chi connectivity index (χ4n) is 3.05. The van der Waals surface area contributed by atoms with Gasteiger partial charge in [-0.05, 0) is 42.5 Å². The van der Waals surface area contributed by atoms with Crippen molar-refractivity contribution in [2.24, 2.45) is 0 Å². The Kier molecular flexibility index (Phi) is 4.80. The van der Waals surface area contributed by atoms with Gasteiger partial charge in [-0.1, -0.05) is 48.5 Å². The summed E-state index contributed by atoms with van der Waals surface area (Å²) in [4.78, 5) is 16.7. The van der Waals surface area contributed by atoms with Crippen molar-refractivity contribution >= 4 is 22.7 Å². The van der Waals surface area contributed by atoms with Gasteiger partial charge >= 0.3 is 0 Å². The Morgan fingerprint density at radius 1 is 0.679 bits per heavy atom. The summed E-state index contributed by atoms with van der Waals surface area (Å²) >= 11 is 0. The van der Waals surface area contributed by atoms with Crippen molar-refractivity contribution in [2.45, 2.75) is 0 Å². The van der Waals surface area contributed by atoms with Crippen molar-refractivity contribution in [2.75, 3.05) is 4.90 Å². The number of nitro groups is 1. The molecule has 0 aliphatic rings. The SMILES string of the molecule is O=[N+]([O-])c1ccc(-c2ccc(N(c3ccccc3)c3ccccc3)cc2)nc1. The van der Waals surface area contributed by atoms with Crippen molar-refractivity contribution in [3.05, 3.63) is 113 Å². The topological polar surface area (TPSA) is 59.3 Å². The molecule has 0 aliphatic heterocycles. The zero-order chi connectivity index (χ0) is 19.3. The van der Waals surface area contributed by atoms with Crippen LogP contribution in [0.1, 0.15) is 0 Å². The molecule has 5 heteroatoms. The first-order chi connectivity index (χ1) is 13.7. The predicted octanol–water partition coefficient (Wildman–Crippen LogP) is 6.13. The van der Waals surface area contributed by atoms with Crippen LogP contribution in [0.15, 0.2) is 103 Å². The van der Waals surface area contributed by atoms with E-state index < -0.39 is 4.92 Å². The van der Waals surface area contributed by atoms with Gasteiger partial charge in [-0.3, -0.25) is 10.1 Å². The van der Waals surface area contributed by atoms with Crippen LogP contribution in [-0.2, 0) is 0 Å². The Morgan fingerprint density at radius 3 is 1.68 bits per heavy atom. The summed E-state index contributed by atoms with van der Waals surface area (Å²) in [6, 6.07) is 31.5. The Balaban J connectivity index is 1.69. The lowest BCUT2D eigenvalue weighted by molar-refractivity contribution is -0.385. The minimum Gasteiger partial charge on any atom is -0.311 e. The van der Waals surface area contributed by atoms with Crippen LogP contribution in [0.2, 0.25) is 0 Å². The molecule has 1 heterocycles. The fourth-order valence-corrected chi connectivity index (χ4v) is 3.05. The average molecular weight is 367 g/mol. The van der Waals surface area contributed by atoms with E-state index in [-0.39, 0.29) is 5.69 Å². The van der Waals surface area contributed by atoms with Crippen molar-refractivity contribution in [1.29, 1.82) is 0 Å². The maximum atomic E-state index is 10.8. The highest BCUT2D eigenvalue weighted by Gasteiger charge is 2.12. The summed E-state index contributed by atoms with van der Waals surface area (Å²) in [6.45, 7) is 0. The summed E-state index contributed by atoms with van der Waals surface area (Å²) in [6.07, 6.45) is 1.28. The minimum atomic E-state index is -0.447. The van der Waals surface area contributed by atoms with Crippen LogP contribution in [-0.4, -0.2) is 9.91 Å². The molecule has 0 fully saturated rings. The molecule has 0 saturated heterocycles. The lowest BCUT2D eigenvalue weighted by Crippen LogP contribution is -2.09. The summed E-state index contributed by atoms with van der Waals surface area (Å²) < 4.78 is 0. The van der Waals surface area contributed by atoms with E-state index in [0.29, 0.717) is 5.69 Å². The van der Waals surface area contributed by atoms with Crippen LogP contribution in [0, 0.1) is 10.1 Å². The van der Waals surface area contributed by atoms with Crippen molar-refractivity contribution in [3.8, 4) is 11.3 Å². The molecule has 0 aliphatic carbocycles. The number of aromatic nitrogens is 1. The largest absolute Gasteiger partial charge is 0.311 e. The van der Waals surface area contributed by atoms with Crippen LogP contribution >= 0.6 is 0 Å². The van der Waals surface area contributed by atoms with E-state index >= 15 is 0 Å². The van der Waals surface area contributed by atoms with E-state index in [1.165, 1.54) is 12.3 Å². The monoisotopic (exact) mass is 367 g/mol. The molecule has 0 saturated carbocycles. The lowest BCUT2D eigenvalue weighted by Gasteiger charge is -2.25. The Morgan fingerprint density at radius 2 is 1.21 bits per heavy atom. The molecule has 0 unspecified atom stereocenters. The highest BCUT2D eigenvalue weighted by atomic mass is 16.6. The first-order valence-electron chi connectivity index (χ1n) is 8.83. The third-order valence-electron chi connectivity index (χ3n) is 4.41. The van der Waals surface area contributed by atoms with Gasteiger partial charge in [0.1, 0.15) is 6.20 Å². The normalized spacial score (nSPS) is 10.4. The molecule has 136 valence electrons. The number of nitrogens with zero attached hydrogens (tertiary/aromatic N) is 3. The highest BCUT2D eigenvalue weighted by Crippen LogP contribution is 2.35. The summed E-state index contributed by atoms with van der Waals surface area (Å²) in [5, 5.41) is 10.8. The van der Waals surface area contributed by atoms with Gasteiger partial charge < -0.3 is 4.90 Å². The number of pyridine rings is 1. The van der Waals surface area contributed by atoms with Gasteiger partial charge in [0.2, 0.25) is 0 Å². The number of para-hydroxylation sites is 2. The maximum Gasteiger partial charge on any atom is 0.287 e. The fraction of sp³-hybridized carbons (Fsp3) is 0. The van der Waals surface area contributed by atoms with Crippen molar-refractivity contribution < 1.29 is 4.92 Å². The number of hydrogen-bond donors (Lipinski definition) is 0. The second-order valence-electron chi connectivity index (χ2n) is 6.21. The van der Waals surface area contributed by atoms with Crippen molar-refractivity contribution in [3.63, 3.8) is 0 Å². The van der Waals surface area contributed by atoms with E-state index in [9.17, 15) is 10.1 Å². The molecule has 4 rings (SSSR count). The van der Waals surface area contributed by atoms with Gasteiger partial charge in [-0.25, -0.2) is 4.98 Å². The number of anilines is 3. The van der Waals surface area contributed by atoms with Crippen LogP contribution in [0.5, 0.6) is 0 Å². The standard InChI is InChI=1S/C23H17N3O2/c27-26(28)22-15-16-23(24-17-22)18-11-13-21(14-12-18)25(19-7-3-1-4-8-19)20-9-5-2-6-10-20/h1-17H. The van der Waals surface area contributed by atoms with Gasteiger partial charge in [0.15, 0.2) is 0 Å². The Hall–Kier alpha value is -3.99. The molecule has 3 aromatic carbocycles. The molecule has 28 heavy (non-hydrogen) atoms. The Labute approximate surface area is 162 Å². The van der Waals surface area contributed by atoms with Gasteiger partial charge in [-0.2, -0.15) is 0 Å². The first-order valence-corrected chi connectivity index (χ1v) is 8.83. The molecule has 0 amide bonds. The second-order valence-corrected chi connectivity index (χ2v) is 6.21. The zero-order valence-corrected chi connectivity index (χ0v) is 15.0. The molecule has 4 aromatic rings. The minimum absolute atomic E-state index is 0.0142. The number of hydrogen-bond acceptors (Lipinski definition) is 4. The molecule has 0 N–H and O–H groups in total. The number of rotatable bonds is 5. The molecule has 0 spiro atoms. The van der Waals surface area contributed by atoms with Gasteiger partial charge in [0.05, 0.1) is 10.6 Å². The van der Waals surface area contributed by atoms with E-state index in [4.69, 9.17) is 0 Å². The van der Waals surface area contributed by atoms with Crippen molar-refractivity contribution in [1.82, 2.24) is 4.98 Å². The van der Waals surface area contributed by atoms with Gasteiger partial charge in [-0.15, -0.1) is 0 Å². The predicted molar refractivity (Wildman–Crippen MR) is 111 cm³/mol. The Bertz CT molecular complexity index is 1020. The average Bonchev–Trinajstić information content (AvgIpc) is 2.76. The van der Waals surface area contributed by atoms with Crippen LogP contribution in [0.3, 0.4) is 0 Å². The lowest BCUT2D eigenvalue weighted by atomic mass is 10.1. The molecule has 0 radical (unpaired) electrons.